The van der Waals surface area contributed by atoms with Gasteiger partial charge in [-0.15, -0.1) is 11.6 Å². The second-order valence-corrected chi connectivity index (χ2v) is 4.00. The minimum atomic E-state index is 0.142. The van der Waals surface area contributed by atoms with Gasteiger partial charge in [-0.3, -0.25) is 0 Å². The van der Waals surface area contributed by atoms with E-state index in [2.05, 4.69) is 31.1 Å². The van der Waals surface area contributed by atoms with Crippen LogP contribution in [0.3, 0.4) is 0 Å². The van der Waals surface area contributed by atoms with Crippen molar-refractivity contribution in [2.24, 2.45) is 0 Å². The summed E-state index contributed by atoms with van der Waals surface area (Å²) in [5.74, 6) is 0. The van der Waals surface area contributed by atoms with Gasteiger partial charge in [-0.25, -0.2) is 0 Å². The van der Waals surface area contributed by atoms with Crippen LogP contribution in [0.15, 0.2) is 30.3 Å². The molecule has 0 fully saturated rings. The maximum Gasteiger partial charge on any atom is 0.0597 e. The lowest BCUT2D eigenvalue weighted by atomic mass is 10.1. The molecule has 0 aliphatic heterocycles. The topological polar surface area (TPSA) is 3.24 Å². The fourth-order valence-electron chi connectivity index (χ4n) is 1.20. The number of rotatable bonds is 4. The van der Waals surface area contributed by atoms with E-state index in [0.29, 0.717) is 0 Å². The second kappa shape index (κ2) is 5.25. The molecule has 0 aromatic heterocycles. The standard InChI is InChI=1S/C11H16ClN/c1-13(2)9-8-11(12)10-6-4-3-5-7-10/h3-7,11H,8-9H2,1-2H3/t11-/m1/s1. The summed E-state index contributed by atoms with van der Waals surface area (Å²) in [5, 5.41) is 0.142. The van der Waals surface area contributed by atoms with Crippen LogP contribution in [0.5, 0.6) is 0 Å². The van der Waals surface area contributed by atoms with Gasteiger partial charge in [-0.2, -0.15) is 0 Å². The summed E-state index contributed by atoms with van der Waals surface area (Å²) in [5.41, 5.74) is 1.21. The van der Waals surface area contributed by atoms with E-state index in [1.165, 1.54) is 5.56 Å². The Balaban J connectivity index is 2.44. The fourth-order valence-corrected chi connectivity index (χ4v) is 1.44. The number of halogens is 1. The van der Waals surface area contributed by atoms with Gasteiger partial charge in [0.05, 0.1) is 5.38 Å². The van der Waals surface area contributed by atoms with Crippen LogP contribution < -0.4 is 0 Å². The van der Waals surface area contributed by atoms with E-state index in [1.54, 1.807) is 0 Å². The third kappa shape index (κ3) is 3.79. The Bertz CT molecular complexity index is 233. The number of alkyl halides is 1. The fraction of sp³-hybridized carbons (Fsp3) is 0.455. The molecule has 0 bridgehead atoms. The van der Waals surface area contributed by atoms with Gasteiger partial charge >= 0.3 is 0 Å². The molecule has 0 saturated heterocycles. The van der Waals surface area contributed by atoms with Crippen LogP contribution in [0.4, 0.5) is 0 Å². The van der Waals surface area contributed by atoms with E-state index in [9.17, 15) is 0 Å². The zero-order valence-electron chi connectivity index (χ0n) is 8.20. The minimum absolute atomic E-state index is 0.142. The average Bonchev–Trinajstić information content (AvgIpc) is 2.15. The molecule has 1 aromatic rings. The molecule has 0 radical (unpaired) electrons. The van der Waals surface area contributed by atoms with Gasteiger partial charge in [0, 0.05) is 0 Å². The van der Waals surface area contributed by atoms with Crippen LogP contribution in [0.2, 0.25) is 0 Å². The third-order valence-electron chi connectivity index (χ3n) is 1.99. The van der Waals surface area contributed by atoms with Gasteiger partial charge in [0.1, 0.15) is 0 Å². The van der Waals surface area contributed by atoms with Crippen molar-refractivity contribution in [3.05, 3.63) is 35.9 Å². The van der Waals surface area contributed by atoms with E-state index >= 15 is 0 Å². The molecule has 1 rings (SSSR count). The number of hydrogen-bond acceptors (Lipinski definition) is 1. The van der Waals surface area contributed by atoms with E-state index in [1.807, 2.05) is 18.2 Å². The van der Waals surface area contributed by atoms with Crippen molar-refractivity contribution < 1.29 is 0 Å². The molecule has 0 heterocycles. The Morgan fingerprint density at radius 2 is 1.85 bits per heavy atom. The highest BCUT2D eigenvalue weighted by Crippen LogP contribution is 2.23. The molecule has 1 atom stereocenters. The molecule has 72 valence electrons. The molecular weight excluding hydrogens is 182 g/mol. The first-order chi connectivity index (χ1) is 6.20. The summed E-state index contributed by atoms with van der Waals surface area (Å²) >= 11 is 6.22. The van der Waals surface area contributed by atoms with Crippen LogP contribution in [-0.4, -0.2) is 25.5 Å². The normalized spacial score (nSPS) is 13.2. The lowest BCUT2D eigenvalue weighted by Gasteiger charge is -2.13. The Kier molecular flexibility index (Phi) is 4.26. The van der Waals surface area contributed by atoms with E-state index < -0.39 is 0 Å². The van der Waals surface area contributed by atoms with Crippen molar-refractivity contribution in [3.8, 4) is 0 Å². The first kappa shape index (κ1) is 10.6. The van der Waals surface area contributed by atoms with E-state index in [4.69, 9.17) is 11.6 Å². The molecule has 0 spiro atoms. The molecule has 13 heavy (non-hydrogen) atoms. The van der Waals surface area contributed by atoms with Gasteiger partial charge in [0.25, 0.3) is 0 Å². The molecule has 0 saturated carbocycles. The van der Waals surface area contributed by atoms with Gasteiger partial charge in [0.15, 0.2) is 0 Å². The quantitative estimate of drug-likeness (QED) is 0.671. The Labute approximate surface area is 85.3 Å². The van der Waals surface area contributed by atoms with E-state index in [0.717, 1.165) is 13.0 Å². The summed E-state index contributed by atoms with van der Waals surface area (Å²) in [4.78, 5) is 2.15. The lowest BCUT2D eigenvalue weighted by molar-refractivity contribution is 0.398. The number of nitrogens with zero attached hydrogens (tertiary/aromatic N) is 1. The van der Waals surface area contributed by atoms with Crippen molar-refractivity contribution in [2.45, 2.75) is 11.8 Å². The summed E-state index contributed by atoms with van der Waals surface area (Å²) < 4.78 is 0. The summed E-state index contributed by atoms with van der Waals surface area (Å²) in [6.45, 7) is 1.03. The molecule has 2 heteroatoms. The molecule has 0 amide bonds. The van der Waals surface area contributed by atoms with Crippen molar-refractivity contribution in [3.63, 3.8) is 0 Å². The Morgan fingerprint density at radius 1 is 1.23 bits per heavy atom. The van der Waals surface area contributed by atoms with Crippen molar-refractivity contribution >= 4 is 11.6 Å². The zero-order chi connectivity index (χ0) is 9.68. The summed E-state index contributed by atoms with van der Waals surface area (Å²) in [6.07, 6.45) is 0.999. The summed E-state index contributed by atoms with van der Waals surface area (Å²) in [6, 6.07) is 10.2. The van der Waals surface area contributed by atoms with Crippen LogP contribution in [-0.2, 0) is 0 Å². The van der Waals surface area contributed by atoms with Crippen LogP contribution in [0.25, 0.3) is 0 Å². The van der Waals surface area contributed by atoms with Gasteiger partial charge in [-0.05, 0) is 32.6 Å². The Hall–Kier alpha value is -0.530. The highest BCUT2D eigenvalue weighted by molar-refractivity contribution is 6.20. The minimum Gasteiger partial charge on any atom is -0.309 e. The second-order valence-electron chi connectivity index (χ2n) is 3.47. The molecular formula is C11H16ClN. The van der Waals surface area contributed by atoms with Crippen molar-refractivity contribution in [1.82, 2.24) is 4.90 Å². The molecule has 0 aliphatic rings. The Morgan fingerprint density at radius 3 is 2.38 bits per heavy atom. The third-order valence-corrected chi connectivity index (χ3v) is 2.46. The highest BCUT2D eigenvalue weighted by Gasteiger charge is 2.06. The molecule has 0 unspecified atom stereocenters. The predicted molar refractivity (Wildman–Crippen MR) is 58.2 cm³/mol. The lowest BCUT2D eigenvalue weighted by Crippen LogP contribution is -2.14. The smallest absolute Gasteiger partial charge is 0.0597 e. The highest BCUT2D eigenvalue weighted by atomic mass is 35.5. The predicted octanol–water partition coefficient (Wildman–Crippen LogP) is 2.92. The van der Waals surface area contributed by atoms with E-state index in [-0.39, 0.29) is 5.38 Å². The summed E-state index contributed by atoms with van der Waals surface area (Å²) in [7, 11) is 4.13. The average molecular weight is 198 g/mol. The van der Waals surface area contributed by atoms with Gasteiger partial charge in [-0.1, -0.05) is 30.3 Å². The van der Waals surface area contributed by atoms with Crippen LogP contribution in [0.1, 0.15) is 17.4 Å². The maximum atomic E-state index is 6.22. The molecule has 0 aliphatic carbocycles. The zero-order valence-corrected chi connectivity index (χ0v) is 8.96. The molecule has 1 nitrogen and oxygen atoms in total. The molecule has 1 aromatic carbocycles. The van der Waals surface area contributed by atoms with Crippen LogP contribution >= 0.6 is 11.6 Å². The van der Waals surface area contributed by atoms with Crippen molar-refractivity contribution in [2.75, 3.05) is 20.6 Å². The molecule has 0 N–H and O–H groups in total. The van der Waals surface area contributed by atoms with Crippen LogP contribution in [0, 0.1) is 0 Å². The SMILES string of the molecule is CN(C)CC[C@@H](Cl)c1ccccc1. The first-order valence-corrected chi connectivity index (χ1v) is 4.97. The first-order valence-electron chi connectivity index (χ1n) is 4.54. The number of benzene rings is 1. The van der Waals surface area contributed by atoms with Gasteiger partial charge in [0.2, 0.25) is 0 Å². The largest absolute Gasteiger partial charge is 0.309 e. The van der Waals surface area contributed by atoms with Crippen molar-refractivity contribution in [1.29, 1.82) is 0 Å². The maximum absolute atomic E-state index is 6.22. The monoisotopic (exact) mass is 197 g/mol. The number of hydrogen-bond donors (Lipinski definition) is 0. The van der Waals surface area contributed by atoms with Gasteiger partial charge < -0.3 is 4.90 Å².